The van der Waals surface area contributed by atoms with Gasteiger partial charge in [0.1, 0.15) is 0 Å². The number of hydrogen-bond donors (Lipinski definition) is 1. The highest BCUT2D eigenvalue weighted by Crippen LogP contribution is 2.36. The second-order valence-electron chi connectivity index (χ2n) is 6.08. The Bertz CT molecular complexity index is 372. The molecule has 0 amide bonds. The highest BCUT2D eigenvalue weighted by molar-refractivity contribution is 5.85. The first-order valence-electron chi connectivity index (χ1n) is 7.33. The third-order valence-corrected chi connectivity index (χ3v) is 4.55. The Morgan fingerprint density at radius 2 is 1.80 bits per heavy atom. The van der Waals surface area contributed by atoms with Crippen molar-refractivity contribution >= 4 is 24.8 Å². The lowest BCUT2D eigenvalue weighted by molar-refractivity contribution is 0.0601. The highest BCUT2D eigenvalue weighted by Gasteiger charge is 2.36. The number of benzene rings is 1. The molecule has 0 aromatic heterocycles. The van der Waals surface area contributed by atoms with Crippen LogP contribution in [0.3, 0.4) is 0 Å². The maximum atomic E-state index is 3.60. The minimum Gasteiger partial charge on any atom is -0.316 e. The molecule has 1 spiro atoms. The zero-order chi connectivity index (χ0) is 12.3. The summed E-state index contributed by atoms with van der Waals surface area (Å²) in [6.07, 6.45) is 5.57. The summed E-state index contributed by atoms with van der Waals surface area (Å²) < 4.78 is 0. The average Bonchev–Trinajstić information content (AvgIpc) is 2.41. The van der Waals surface area contributed by atoms with E-state index in [1.807, 2.05) is 0 Å². The summed E-state index contributed by atoms with van der Waals surface area (Å²) >= 11 is 0. The van der Waals surface area contributed by atoms with Crippen LogP contribution in [0.5, 0.6) is 0 Å². The van der Waals surface area contributed by atoms with Crippen LogP contribution in [0.2, 0.25) is 0 Å². The van der Waals surface area contributed by atoms with Crippen LogP contribution in [0.4, 0.5) is 0 Å². The van der Waals surface area contributed by atoms with Crippen molar-refractivity contribution in [2.75, 3.05) is 26.2 Å². The van der Waals surface area contributed by atoms with Crippen molar-refractivity contribution < 1.29 is 0 Å². The first-order valence-corrected chi connectivity index (χ1v) is 7.33. The fourth-order valence-electron chi connectivity index (χ4n) is 3.67. The number of nitrogens with zero attached hydrogens (tertiary/aromatic N) is 1. The number of halogens is 2. The Morgan fingerprint density at radius 1 is 1.05 bits per heavy atom. The van der Waals surface area contributed by atoms with Crippen LogP contribution in [0.15, 0.2) is 30.3 Å². The summed E-state index contributed by atoms with van der Waals surface area (Å²) in [5, 5.41) is 3.60. The van der Waals surface area contributed by atoms with E-state index in [0.29, 0.717) is 5.41 Å². The summed E-state index contributed by atoms with van der Waals surface area (Å²) in [5.41, 5.74) is 2.03. The molecule has 1 N–H and O–H groups in total. The maximum Gasteiger partial charge on any atom is 0.0233 e. The molecule has 3 rings (SSSR count). The van der Waals surface area contributed by atoms with E-state index in [9.17, 15) is 0 Å². The number of rotatable bonds is 2. The number of piperidine rings is 2. The summed E-state index contributed by atoms with van der Waals surface area (Å²) in [7, 11) is 0. The summed E-state index contributed by atoms with van der Waals surface area (Å²) in [5.74, 6) is 0. The van der Waals surface area contributed by atoms with Crippen LogP contribution in [0, 0.1) is 5.41 Å². The molecule has 2 aliphatic heterocycles. The molecule has 0 bridgehead atoms. The van der Waals surface area contributed by atoms with Crippen LogP contribution < -0.4 is 5.32 Å². The van der Waals surface area contributed by atoms with E-state index in [4.69, 9.17) is 0 Å². The molecule has 0 saturated carbocycles. The standard InChI is InChI=1S/C16H24N2.2ClH/c1-2-6-15(7-3-1)12-18-11-5-9-16(14-18)8-4-10-17-13-16;;/h1-3,6-7,17H,4-5,8-14H2;2*1H. The van der Waals surface area contributed by atoms with E-state index in [2.05, 4.69) is 40.5 Å². The largest absolute Gasteiger partial charge is 0.316 e. The van der Waals surface area contributed by atoms with Gasteiger partial charge in [-0.3, -0.25) is 4.90 Å². The van der Waals surface area contributed by atoms with Crippen LogP contribution in [0.1, 0.15) is 31.2 Å². The quantitative estimate of drug-likeness (QED) is 0.898. The monoisotopic (exact) mass is 316 g/mol. The Hall–Kier alpha value is -0.280. The highest BCUT2D eigenvalue weighted by atomic mass is 35.5. The molecule has 1 aromatic rings. The van der Waals surface area contributed by atoms with Gasteiger partial charge in [-0.05, 0) is 49.8 Å². The molecule has 0 radical (unpaired) electrons. The van der Waals surface area contributed by atoms with Crippen molar-refractivity contribution in [2.24, 2.45) is 5.41 Å². The lowest BCUT2D eigenvalue weighted by Gasteiger charge is -2.45. The minimum absolute atomic E-state index is 0. The minimum atomic E-state index is 0. The smallest absolute Gasteiger partial charge is 0.0233 e. The van der Waals surface area contributed by atoms with Crippen LogP contribution >= 0.6 is 24.8 Å². The second kappa shape index (κ2) is 8.23. The predicted octanol–water partition coefficient (Wildman–Crippen LogP) is 3.50. The molecular weight excluding hydrogens is 291 g/mol. The van der Waals surface area contributed by atoms with Gasteiger partial charge in [0.25, 0.3) is 0 Å². The molecule has 1 unspecified atom stereocenters. The van der Waals surface area contributed by atoms with Gasteiger partial charge in [-0.2, -0.15) is 0 Å². The molecule has 114 valence electrons. The van der Waals surface area contributed by atoms with E-state index in [1.165, 1.54) is 57.4 Å². The second-order valence-corrected chi connectivity index (χ2v) is 6.08. The lowest BCUT2D eigenvalue weighted by atomic mass is 9.74. The molecule has 2 aliphatic rings. The number of likely N-dealkylation sites (tertiary alicyclic amines) is 1. The third kappa shape index (κ3) is 4.36. The van der Waals surface area contributed by atoms with E-state index < -0.39 is 0 Å². The van der Waals surface area contributed by atoms with Crippen molar-refractivity contribution in [2.45, 2.75) is 32.2 Å². The summed E-state index contributed by atoms with van der Waals surface area (Å²) in [6.45, 7) is 6.15. The first kappa shape index (κ1) is 17.8. The lowest BCUT2D eigenvalue weighted by Crippen LogP contribution is -2.50. The van der Waals surface area contributed by atoms with Crippen LogP contribution in [0.25, 0.3) is 0 Å². The van der Waals surface area contributed by atoms with Gasteiger partial charge in [-0.25, -0.2) is 0 Å². The van der Waals surface area contributed by atoms with E-state index in [1.54, 1.807) is 0 Å². The molecule has 0 aliphatic carbocycles. The van der Waals surface area contributed by atoms with Gasteiger partial charge in [0.2, 0.25) is 0 Å². The fraction of sp³-hybridized carbons (Fsp3) is 0.625. The van der Waals surface area contributed by atoms with E-state index in [0.717, 1.165) is 6.54 Å². The first-order chi connectivity index (χ1) is 8.86. The van der Waals surface area contributed by atoms with Gasteiger partial charge in [-0.1, -0.05) is 30.3 Å². The Kier molecular flexibility index (Phi) is 7.32. The van der Waals surface area contributed by atoms with Gasteiger partial charge < -0.3 is 5.32 Å². The molecule has 20 heavy (non-hydrogen) atoms. The molecule has 1 aromatic carbocycles. The average molecular weight is 317 g/mol. The Morgan fingerprint density at radius 3 is 2.50 bits per heavy atom. The van der Waals surface area contributed by atoms with Crippen molar-refractivity contribution in [3.63, 3.8) is 0 Å². The molecule has 2 saturated heterocycles. The molecule has 2 fully saturated rings. The van der Waals surface area contributed by atoms with Crippen molar-refractivity contribution in [1.82, 2.24) is 10.2 Å². The Labute approximate surface area is 135 Å². The van der Waals surface area contributed by atoms with Gasteiger partial charge >= 0.3 is 0 Å². The zero-order valence-electron chi connectivity index (χ0n) is 12.0. The SMILES string of the molecule is Cl.Cl.c1ccc(CN2CCCC3(CCCNC3)C2)cc1. The summed E-state index contributed by atoms with van der Waals surface area (Å²) in [4.78, 5) is 2.66. The molecule has 2 heterocycles. The predicted molar refractivity (Wildman–Crippen MR) is 90.0 cm³/mol. The molecule has 4 heteroatoms. The van der Waals surface area contributed by atoms with Gasteiger partial charge in [-0.15, -0.1) is 24.8 Å². The van der Waals surface area contributed by atoms with E-state index in [-0.39, 0.29) is 24.8 Å². The fourth-order valence-corrected chi connectivity index (χ4v) is 3.67. The maximum absolute atomic E-state index is 3.60. The van der Waals surface area contributed by atoms with Gasteiger partial charge in [0, 0.05) is 19.6 Å². The third-order valence-electron chi connectivity index (χ3n) is 4.55. The van der Waals surface area contributed by atoms with Crippen molar-refractivity contribution in [1.29, 1.82) is 0 Å². The normalized spacial score (nSPS) is 26.6. The Balaban J connectivity index is 0.000001000. The number of hydrogen-bond acceptors (Lipinski definition) is 2. The van der Waals surface area contributed by atoms with Crippen molar-refractivity contribution in [3.8, 4) is 0 Å². The van der Waals surface area contributed by atoms with Gasteiger partial charge in [0.05, 0.1) is 0 Å². The molecule has 1 atom stereocenters. The molecule has 2 nitrogen and oxygen atoms in total. The topological polar surface area (TPSA) is 15.3 Å². The van der Waals surface area contributed by atoms with Crippen LogP contribution in [-0.2, 0) is 6.54 Å². The van der Waals surface area contributed by atoms with E-state index >= 15 is 0 Å². The van der Waals surface area contributed by atoms with Crippen LogP contribution in [-0.4, -0.2) is 31.1 Å². The zero-order valence-corrected chi connectivity index (χ0v) is 13.6. The van der Waals surface area contributed by atoms with Gasteiger partial charge in [0.15, 0.2) is 0 Å². The molecular formula is C16H26Cl2N2. The van der Waals surface area contributed by atoms with Crippen molar-refractivity contribution in [3.05, 3.63) is 35.9 Å². The summed E-state index contributed by atoms with van der Waals surface area (Å²) in [6, 6.07) is 10.9. The number of nitrogens with one attached hydrogen (secondary N) is 1.